The average Bonchev–Trinajstić information content (AvgIpc) is 2.83. The Morgan fingerprint density at radius 3 is 2.68 bits per heavy atom. The molecule has 0 aliphatic rings. The van der Waals surface area contributed by atoms with E-state index in [1.807, 2.05) is 17.8 Å². The number of hydrogen-bond acceptors (Lipinski definition) is 4. The zero-order chi connectivity index (χ0) is 13.8. The highest BCUT2D eigenvalue weighted by Crippen LogP contribution is 2.25. The van der Waals surface area contributed by atoms with Crippen molar-refractivity contribution in [3.8, 4) is 11.5 Å². The Balaban J connectivity index is 2.29. The molecule has 0 saturated carbocycles. The van der Waals surface area contributed by atoms with Gasteiger partial charge in [0.05, 0.1) is 26.2 Å². The highest BCUT2D eigenvalue weighted by atomic mass is 16.5. The second-order valence-electron chi connectivity index (χ2n) is 4.12. The van der Waals surface area contributed by atoms with E-state index in [1.165, 1.54) is 0 Å². The van der Waals surface area contributed by atoms with Crippen LogP contribution in [0.1, 0.15) is 16.2 Å². The van der Waals surface area contributed by atoms with Crippen molar-refractivity contribution in [3.05, 3.63) is 42.0 Å². The minimum atomic E-state index is -0.0509. The van der Waals surface area contributed by atoms with Gasteiger partial charge >= 0.3 is 0 Å². The summed E-state index contributed by atoms with van der Waals surface area (Å²) in [5.74, 6) is 1.84. The van der Waals surface area contributed by atoms with Gasteiger partial charge in [-0.25, -0.2) is 4.98 Å². The predicted molar refractivity (Wildman–Crippen MR) is 70.8 cm³/mol. The standard InChI is InChI=1S/C14H16N2O3/c1-16-7-6-15-14(16)9-12(17)11-8-10(18-2)4-5-13(11)19-3/h4-8H,9H2,1-3H3. The summed E-state index contributed by atoms with van der Waals surface area (Å²) in [5.41, 5.74) is 0.504. The number of carbonyl (C=O) groups excluding carboxylic acids is 1. The molecule has 1 aromatic carbocycles. The van der Waals surface area contributed by atoms with Crippen molar-refractivity contribution in [2.45, 2.75) is 6.42 Å². The quantitative estimate of drug-likeness (QED) is 0.770. The number of ether oxygens (including phenoxy) is 2. The van der Waals surface area contributed by atoms with E-state index in [1.54, 1.807) is 38.6 Å². The van der Waals surface area contributed by atoms with Gasteiger partial charge in [0, 0.05) is 19.4 Å². The van der Waals surface area contributed by atoms with Gasteiger partial charge in [-0.15, -0.1) is 0 Å². The molecule has 0 amide bonds. The van der Waals surface area contributed by atoms with Crippen molar-refractivity contribution in [2.75, 3.05) is 14.2 Å². The molecule has 0 aliphatic heterocycles. The lowest BCUT2D eigenvalue weighted by molar-refractivity contribution is 0.0986. The summed E-state index contributed by atoms with van der Waals surface area (Å²) < 4.78 is 12.2. The summed E-state index contributed by atoms with van der Waals surface area (Å²) in [6, 6.07) is 5.17. The number of carbonyl (C=O) groups is 1. The minimum Gasteiger partial charge on any atom is -0.497 e. The fourth-order valence-corrected chi connectivity index (χ4v) is 1.84. The monoisotopic (exact) mass is 260 g/mol. The topological polar surface area (TPSA) is 53.4 Å². The van der Waals surface area contributed by atoms with E-state index in [0.29, 0.717) is 17.1 Å². The molecule has 0 fully saturated rings. The van der Waals surface area contributed by atoms with Crippen LogP contribution in [0.5, 0.6) is 11.5 Å². The second-order valence-corrected chi connectivity index (χ2v) is 4.12. The SMILES string of the molecule is COc1ccc(OC)c(C(=O)Cc2nccn2C)c1. The summed E-state index contributed by atoms with van der Waals surface area (Å²) in [5, 5.41) is 0. The van der Waals surface area contributed by atoms with Crippen LogP contribution in [0.15, 0.2) is 30.6 Å². The molecule has 0 N–H and O–H groups in total. The van der Waals surface area contributed by atoms with Crippen LogP contribution in [-0.2, 0) is 13.5 Å². The van der Waals surface area contributed by atoms with Crippen LogP contribution in [0.2, 0.25) is 0 Å². The Labute approximate surface area is 111 Å². The van der Waals surface area contributed by atoms with Gasteiger partial charge in [-0.3, -0.25) is 4.79 Å². The Hall–Kier alpha value is -2.30. The zero-order valence-corrected chi connectivity index (χ0v) is 11.2. The molecule has 2 aromatic rings. The number of hydrogen-bond donors (Lipinski definition) is 0. The van der Waals surface area contributed by atoms with Crippen molar-refractivity contribution in [1.29, 1.82) is 0 Å². The zero-order valence-electron chi connectivity index (χ0n) is 11.2. The molecule has 1 heterocycles. The lowest BCUT2D eigenvalue weighted by atomic mass is 10.1. The maximum absolute atomic E-state index is 12.3. The van der Waals surface area contributed by atoms with Gasteiger partial charge in [0.2, 0.25) is 0 Å². The first-order valence-corrected chi connectivity index (χ1v) is 5.87. The van der Waals surface area contributed by atoms with Crippen molar-refractivity contribution >= 4 is 5.78 Å². The fraction of sp³-hybridized carbons (Fsp3) is 0.286. The Bertz CT molecular complexity index is 590. The van der Waals surface area contributed by atoms with Crippen LogP contribution in [0.4, 0.5) is 0 Å². The first-order chi connectivity index (χ1) is 9.15. The van der Waals surface area contributed by atoms with Crippen molar-refractivity contribution in [1.82, 2.24) is 9.55 Å². The molecule has 1 aromatic heterocycles. The minimum absolute atomic E-state index is 0.0509. The molecule has 5 nitrogen and oxygen atoms in total. The first kappa shape index (κ1) is 13.1. The van der Waals surface area contributed by atoms with Crippen LogP contribution in [-0.4, -0.2) is 29.6 Å². The van der Waals surface area contributed by atoms with Crippen LogP contribution in [0, 0.1) is 0 Å². The lowest BCUT2D eigenvalue weighted by Gasteiger charge is -2.09. The number of methoxy groups -OCH3 is 2. The van der Waals surface area contributed by atoms with E-state index in [0.717, 1.165) is 5.82 Å². The number of benzene rings is 1. The number of imidazole rings is 1. The van der Waals surface area contributed by atoms with Gasteiger partial charge in [-0.05, 0) is 18.2 Å². The maximum Gasteiger partial charge on any atom is 0.174 e. The second kappa shape index (κ2) is 5.56. The van der Waals surface area contributed by atoms with Gasteiger partial charge in [-0.2, -0.15) is 0 Å². The lowest BCUT2D eigenvalue weighted by Crippen LogP contribution is -2.09. The molecule has 0 radical (unpaired) electrons. The van der Waals surface area contributed by atoms with E-state index in [-0.39, 0.29) is 12.2 Å². The summed E-state index contributed by atoms with van der Waals surface area (Å²) >= 11 is 0. The van der Waals surface area contributed by atoms with E-state index in [4.69, 9.17) is 9.47 Å². The number of ketones is 1. The van der Waals surface area contributed by atoms with Crippen molar-refractivity contribution < 1.29 is 14.3 Å². The molecule has 0 aliphatic carbocycles. The van der Waals surface area contributed by atoms with Crippen LogP contribution in [0.25, 0.3) is 0 Å². The third-order valence-corrected chi connectivity index (χ3v) is 2.95. The number of Topliss-reactive ketones (excluding diaryl/α,β-unsaturated/α-hetero) is 1. The van der Waals surface area contributed by atoms with Gasteiger partial charge in [0.1, 0.15) is 17.3 Å². The average molecular weight is 260 g/mol. The Kier molecular flexibility index (Phi) is 3.85. The molecule has 0 bridgehead atoms. The van der Waals surface area contributed by atoms with E-state index >= 15 is 0 Å². The highest BCUT2D eigenvalue weighted by molar-refractivity contribution is 6.00. The molecule has 100 valence electrons. The Morgan fingerprint density at radius 2 is 2.11 bits per heavy atom. The van der Waals surface area contributed by atoms with E-state index in [9.17, 15) is 4.79 Å². The van der Waals surface area contributed by atoms with Crippen LogP contribution < -0.4 is 9.47 Å². The normalized spacial score (nSPS) is 10.3. The molecular weight excluding hydrogens is 244 g/mol. The van der Waals surface area contributed by atoms with Gasteiger partial charge in [0.25, 0.3) is 0 Å². The van der Waals surface area contributed by atoms with Crippen molar-refractivity contribution in [3.63, 3.8) is 0 Å². The van der Waals surface area contributed by atoms with E-state index in [2.05, 4.69) is 4.98 Å². The molecule has 0 saturated heterocycles. The molecular formula is C14H16N2O3. The third-order valence-electron chi connectivity index (χ3n) is 2.95. The Morgan fingerprint density at radius 1 is 1.32 bits per heavy atom. The van der Waals surface area contributed by atoms with Gasteiger partial charge in [-0.1, -0.05) is 0 Å². The number of nitrogens with zero attached hydrogens (tertiary/aromatic N) is 2. The summed E-state index contributed by atoms with van der Waals surface area (Å²) in [4.78, 5) is 16.5. The third kappa shape index (κ3) is 2.76. The molecule has 0 spiro atoms. The van der Waals surface area contributed by atoms with Gasteiger partial charge in [0.15, 0.2) is 5.78 Å². The van der Waals surface area contributed by atoms with Crippen molar-refractivity contribution in [2.24, 2.45) is 7.05 Å². The molecule has 19 heavy (non-hydrogen) atoms. The van der Waals surface area contributed by atoms with E-state index < -0.39 is 0 Å². The highest BCUT2D eigenvalue weighted by Gasteiger charge is 2.16. The largest absolute Gasteiger partial charge is 0.497 e. The molecule has 2 rings (SSSR count). The summed E-state index contributed by atoms with van der Waals surface area (Å²) in [7, 11) is 4.96. The summed E-state index contributed by atoms with van der Waals surface area (Å²) in [6.07, 6.45) is 3.71. The summed E-state index contributed by atoms with van der Waals surface area (Å²) in [6.45, 7) is 0. The number of rotatable bonds is 5. The molecule has 0 unspecified atom stereocenters. The van der Waals surface area contributed by atoms with Gasteiger partial charge < -0.3 is 14.0 Å². The maximum atomic E-state index is 12.3. The van der Waals surface area contributed by atoms with Crippen LogP contribution >= 0.6 is 0 Å². The number of aromatic nitrogens is 2. The predicted octanol–water partition coefficient (Wildman–Crippen LogP) is 1.86. The molecule has 5 heteroatoms. The van der Waals surface area contributed by atoms with Crippen LogP contribution in [0.3, 0.4) is 0 Å². The smallest absolute Gasteiger partial charge is 0.174 e. The first-order valence-electron chi connectivity index (χ1n) is 5.87. The number of aryl methyl sites for hydroxylation is 1. The fourth-order valence-electron chi connectivity index (χ4n) is 1.84. The molecule has 0 atom stereocenters.